The van der Waals surface area contributed by atoms with Gasteiger partial charge in [-0.05, 0) is 42.9 Å². The summed E-state index contributed by atoms with van der Waals surface area (Å²) in [7, 11) is 0. The van der Waals surface area contributed by atoms with Crippen molar-refractivity contribution in [2.24, 2.45) is 17.3 Å². The summed E-state index contributed by atoms with van der Waals surface area (Å²) in [6.07, 6.45) is 5.10. The van der Waals surface area contributed by atoms with E-state index in [4.69, 9.17) is 0 Å². The first-order valence-electron chi connectivity index (χ1n) is 4.79. The van der Waals surface area contributed by atoms with E-state index in [0.717, 1.165) is 12.3 Å². The largest absolute Gasteiger partial charge is 0.393 e. The number of fused-ring (bicyclic) bond motifs is 2. The molecule has 1 heteroatoms. The molecule has 0 aromatic carbocycles. The summed E-state index contributed by atoms with van der Waals surface area (Å²) < 4.78 is 0. The molecule has 0 amide bonds. The van der Waals surface area contributed by atoms with Crippen molar-refractivity contribution in [1.29, 1.82) is 0 Å². The number of aliphatic hydroxyl groups is 1. The van der Waals surface area contributed by atoms with E-state index in [9.17, 15) is 5.11 Å². The highest BCUT2D eigenvalue weighted by molar-refractivity contribution is 4.96. The summed E-state index contributed by atoms with van der Waals surface area (Å²) >= 11 is 0. The summed E-state index contributed by atoms with van der Waals surface area (Å²) in [5.74, 6) is 1.38. The fourth-order valence-corrected chi connectivity index (χ4v) is 3.01. The van der Waals surface area contributed by atoms with Gasteiger partial charge in [0, 0.05) is 0 Å². The van der Waals surface area contributed by atoms with Crippen LogP contribution >= 0.6 is 0 Å². The molecule has 4 unspecified atom stereocenters. The molecule has 4 atom stereocenters. The highest BCUT2D eigenvalue weighted by Crippen LogP contribution is 2.53. The lowest BCUT2D eigenvalue weighted by atomic mass is 9.71. The number of aliphatic hydroxyl groups excluding tert-OH is 1. The molecule has 1 nitrogen and oxygen atoms in total. The molecule has 64 valence electrons. The van der Waals surface area contributed by atoms with Crippen molar-refractivity contribution in [2.45, 2.75) is 45.6 Å². The third-order valence-electron chi connectivity index (χ3n) is 3.93. The van der Waals surface area contributed by atoms with Crippen LogP contribution in [0.25, 0.3) is 0 Å². The van der Waals surface area contributed by atoms with Crippen LogP contribution in [-0.2, 0) is 0 Å². The Kier molecular flexibility index (Phi) is 1.54. The maximum absolute atomic E-state index is 9.72. The lowest BCUT2D eigenvalue weighted by Crippen LogP contribution is -2.34. The minimum Gasteiger partial charge on any atom is -0.393 e. The van der Waals surface area contributed by atoms with E-state index in [1.165, 1.54) is 19.3 Å². The van der Waals surface area contributed by atoms with E-state index in [1.807, 2.05) is 0 Å². The summed E-state index contributed by atoms with van der Waals surface area (Å²) in [6.45, 7) is 4.54. The van der Waals surface area contributed by atoms with Gasteiger partial charge in [-0.1, -0.05) is 13.8 Å². The van der Waals surface area contributed by atoms with E-state index in [-0.39, 0.29) is 6.10 Å². The van der Waals surface area contributed by atoms with E-state index in [1.54, 1.807) is 0 Å². The molecule has 2 bridgehead atoms. The molecular weight excluding hydrogens is 136 g/mol. The predicted octanol–water partition coefficient (Wildman–Crippen LogP) is 2.19. The van der Waals surface area contributed by atoms with Gasteiger partial charge in [0.05, 0.1) is 6.10 Å². The summed E-state index contributed by atoms with van der Waals surface area (Å²) in [4.78, 5) is 0. The van der Waals surface area contributed by atoms with Gasteiger partial charge in [0.2, 0.25) is 0 Å². The fraction of sp³-hybridized carbons (Fsp3) is 1.00. The Hall–Kier alpha value is -0.0400. The van der Waals surface area contributed by atoms with E-state index < -0.39 is 0 Å². The average molecular weight is 154 g/mol. The third kappa shape index (κ3) is 1.10. The maximum atomic E-state index is 9.72. The van der Waals surface area contributed by atoms with Crippen molar-refractivity contribution in [1.82, 2.24) is 0 Å². The molecule has 0 spiro atoms. The van der Waals surface area contributed by atoms with Crippen molar-refractivity contribution < 1.29 is 5.11 Å². The topological polar surface area (TPSA) is 20.2 Å². The Labute approximate surface area is 68.8 Å². The van der Waals surface area contributed by atoms with Gasteiger partial charge in [-0.3, -0.25) is 0 Å². The first-order chi connectivity index (χ1) is 5.11. The standard InChI is InChI=1S/C10H18O/c1-7-8-3-4-10(2,5-8)6-9(7)11/h7-9,11H,3-6H2,1-2H3. The van der Waals surface area contributed by atoms with Crippen LogP contribution in [0.5, 0.6) is 0 Å². The Bertz CT molecular complexity index is 166. The summed E-state index contributed by atoms with van der Waals surface area (Å²) in [5.41, 5.74) is 0.497. The van der Waals surface area contributed by atoms with Crippen LogP contribution in [0.4, 0.5) is 0 Å². The molecule has 1 N–H and O–H groups in total. The molecule has 11 heavy (non-hydrogen) atoms. The van der Waals surface area contributed by atoms with Gasteiger partial charge in [-0.2, -0.15) is 0 Å². The van der Waals surface area contributed by atoms with Crippen LogP contribution in [0.2, 0.25) is 0 Å². The first-order valence-corrected chi connectivity index (χ1v) is 4.79. The zero-order valence-corrected chi connectivity index (χ0v) is 7.51. The molecule has 0 radical (unpaired) electrons. The van der Waals surface area contributed by atoms with Crippen molar-refractivity contribution in [3.8, 4) is 0 Å². The van der Waals surface area contributed by atoms with E-state index in [2.05, 4.69) is 13.8 Å². The molecule has 0 aromatic heterocycles. The summed E-state index contributed by atoms with van der Waals surface area (Å²) in [5, 5.41) is 9.72. The van der Waals surface area contributed by atoms with Gasteiger partial charge in [0.1, 0.15) is 0 Å². The Morgan fingerprint density at radius 3 is 2.82 bits per heavy atom. The monoisotopic (exact) mass is 154 g/mol. The van der Waals surface area contributed by atoms with Gasteiger partial charge in [0.15, 0.2) is 0 Å². The molecule has 2 fully saturated rings. The molecular formula is C10H18O. The van der Waals surface area contributed by atoms with Crippen LogP contribution in [-0.4, -0.2) is 11.2 Å². The molecule has 0 saturated heterocycles. The van der Waals surface area contributed by atoms with Gasteiger partial charge in [0.25, 0.3) is 0 Å². The van der Waals surface area contributed by atoms with Crippen LogP contribution in [0.15, 0.2) is 0 Å². The fourth-order valence-electron chi connectivity index (χ4n) is 3.01. The Balaban J connectivity index is 2.17. The second kappa shape index (κ2) is 2.22. The van der Waals surface area contributed by atoms with Crippen LogP contribution in [0.1, 0.15) is 39.5 Å². The normalized spacial score (nSPS) is 56.5. The van der Waals surface area contributed by atoms with Crippen LogP contribution in [0.3, 0.4) is 0 Å². The van der Waals surface area contributed by atoms with Crippen molar-refractivity contribution in [3.63, 3.8) is 0 Å². The zero-order chi connectivity index (χ0) is 8.06. The Morgan fingerprint density at radius 2 is 2.09 bits per heavy atom. The average Bonchev–Trinajstić information content (AvgIpc) is 2.25. The smallest absolute Gasteiger partial charge is 0.0573 e. The van der Waals surface area contributed by atoms with Gasteiger partial charge in [-0.25, -0.2) is 0 Å². The molecule has 0 aromatic rings. The zero-order valence-electron chi connectivity index (χ0n) is 7.51. The van der Waals surface area contributed by atoms with Gasteiger partial charge in [-0.15, -0.1) is 0 Å². The summed E-state index contributed by atoms with van der Waals surface area (Å²) in [6, 6.07) is 0. The Morgan fingerprint density at radius 1 is 1.36 bits per heavy atom. The minimum atomic E-state index is -0.0127. The minimum absolute atomic E-state index is 0.0127. The van der Waals surface area contributed by atoms with E-state index >= 15 is 0 Å². The van der Waals surface area contributed by atoms with Gasteiger partial charge >= 0.3 is 0 Å². The van der Waals surface area contributed by atoms with Crippen LogP contribution in [0, 0.1) is 17.3 Å². The van der Waals surface area contributed by atoms with Crippen LogP contribution < -0.4 is 0 Å². The molecule has 0 aliphatic heterocycles. The third-order valence-corrected chi connectivity index (χ3v) is 3.93. The predicted molar refractivity (Wildman–Crippen MR) is 45.2 cm³/mol. The molecule has 2 saturated carbocycles. The van der Waals surface area contributed by atoms with Crippen molar-refractivity contribution in [3.05, 3.63) is 0 Å². The second-order valence-corrected chi connectivity index (χ2v) is 4.94. The number of hydrogen-bond acceptors (Lipinski definition) is 1. The van der Waals surface area contributed by atoms with Crippen molar-refractivity contribution >= 4 is 0 Å². The van der Waals surface area contributed by atoms with Gasteiger partial charge < -0.3 is 5.11 Å². The number of rotatable bonds is 0. The highest BCUT2D eigenvalue weighted by Gasteiger charge is 2.45. The molecule has 2 rings (SSSR count). The van der Waals surface area contributed by atoms with Crippen molar-refractivity contribution in [2.75, 3.05) is 0 Å². The maximum Gasteiger partial charge on any atom is 0.0573 e. The first kappa shape index (κ1) is 7.60. The van der Waals surface area contributed by atoms with E-state index in [0.29, 0.717) is 11.3 Å². The lowest BCUT2D eigenvalue weighted by Gasteiger charge is -2.36. The second-order valence-electron chi connectivity index (χ2n) is 4.94. The number of hydrogen-bond donors (Lipinski definition) is 1. The quantitative estimate of drug-likeness (QED) is 0.567. The molecule has 0 heterocycles. The highest BCUT2D eigenvalue weighted by atomic mass is 16.3. The SMILES string of the molecule is CC1C(O)CC2(C)CCC1C2. The lowest BCUT2D eigenvalue weighted by molar-refractivity contribution is 0.0126. The molecule has 2 aliphatic rings. The molecule has 2 aliphatic carbocycles.